The van der Waals surface area contributed by atoms with Crippen LogP contribution in [0.2, 0.25) is 0 Å². The predicted molar refractivity (Wildman–Crippen MR) is 338 cm³/mol. The summed E-state index contributed by atoms with van der Waals surface area (Å²) in [7, 11) is 0. The molecule has 0 radical (unpaired) electrons. The Bertz CT molecular complexity index is 1250. The Kier molecular flexibility index (Phi) is 64.9. The van der Waals surface area contributed by atoms with Crippen LogP contribution in [-0.2, 0) is 14.3 Å². The van der Waals surface area contributed by atoms with Crippen molar-refractivity contribution in [2.45, 2.75) is 392 Å². The second-order valence-electron chi connectivity index (χ2n) is 23.9. The van der Waals surface area contributed by atoms with E-state index in [2.05, 4.69) is 55.6 Å². The molecule has 0 heterocycles. The highest BCUT2D eigenvalue weighted by Crippen LogP contribution is 2.18. The lowest BCUT2D eigenvalue weighted by Gasteiger charge is -2.22. The van der Waals surface area contributed by atoms with Gasteiger partial charge in [0.15, 0.2) is 0 Å². The van der Waals surface area contributed by atoms with E-state index in [1.54, 1.807) is 0 Å². The average Bonchev–Trinajstić information content (AvgIpc) is 3.43. The minimum Gasteiger partial charge on any atom is -0.466 e. The quantitative estimate of drug-likeness (QED) is 0.0320. The fourth-order valence-electron chi connectivity index (χ4n) is 10.8. The van der Waals surface area contributed by atoms with Gasteiger partial charge in [0.2, 0.25) is 5.91 Å². The molecule has 3 N–H and O–H groups in total. The van der Waals surface area contributed by atoms with E-state index in [-0.39, 0.29) is 18.5 Å². The number of unbranched alkanes of at least 4 members (excludes halogenated alkanes) is 48. The summed E-state index contributed by atoms with van der Waals surface area (Å²) in [5.74, 6) is -0.0312. The van der Waals surface area contributed by atoms with E-state index in [1.165, 1.54) is 295 Å². The molecule has 0 aliphatic heterocycles. The van der Waals surface area contributed by atoms with Crippen molar-refractivity contribution in [2.75, 3.05) is 13.2 Å². The van der Waals surface area contributed by atoms with Crippen molar-refractivity contribution in [3.8, 4) is 0 Å². The van der Waals surface area contributed by atoms with E-state index in [0.29, 0.717) is 25.9 Å². The summed E-state index contributed by atoms with van der Waals surface area (Å²) < 4.78 is 5.48. The maximum atomic E-state index is 12.5. The Hall–Kier alpha value is -1.92. The minimum atomic E-state index is -0.666. The van der Waals surface area contributed by atoms with Crippen molar-refractivity contribution in [3.05, 3.63) is 36.5 Å². The molecule has 0 aliphatic rings. The normalized spacial score (nSPS) is 12.7. The lowest BCUT2D eigenvalue weighted by molar-refractivity contribution is -0.143. The Morgan fingerprint density at radius 1 is 0.364 bits per heavy atom. The first-order valence-electron chi connectivity index (χ1n) is 34.7. The van der Waals surface area contributed by atoms with Gasteiger partial charge in [-0.2, -0.15) is 0 Å². The van der Waals surface area contributed by atoms with E-state index < -0.39 is 12.1 Å². The molecule has 454 valence electrons. The van der Waals surface area contributed by atoms with Crippen molar-refractivity contribution in [2.24, 2.45) is 0 Å². The number of hydrogen-bond acceptors (Lipinski definition) is 5. The number of aliphatic hydroxyl groups is 2. The number of rotatable bonds is 65. The molecule has 0 aromatic heterocycles. The van der Waals surface area contributed by atoms with E-state index in [9.17, 15) is 19.8 Å². The Labute approximate surface area is 481 Å². The summed E-state index contributed by atoms with van der Waals surface area (Å²) in [6.45, 7) is 4.95. The van der Waals surface area contributed by atoms with Crippen molar-refractivity contribution in [1.82, 2.24) is 5.32 Å². The zero-order valence-corrected chi connectivity index (χ0v) is 52.0. The molecule has 0 aromatic carbocycles. The molecule has 0 bridgehead atoms. The summed E-state index contributed by atoms with van der Waals surface area (Å²) in [6, 6.07) is -0.543. The zero-order valence-electron chi connectivity index (χ0n) is 52.0. The molecule has 0 saturated heterocycles. The molecule has 0 rings (SSSR count). The largest absolute Gasteiger partial charge is 0.466 e. The van der Waals surface area contributed by atoms with Crippen molar-refractivity contribution in [3.63, 3.8) is 0 Å². The van der Waals surface area contributed by atoms with Gasteiger partial charge in [-0.1, -0.05) is 320 Å². The number of ether oxygens (including phenoxy) is 1. The molecule has 6 nitrogen and oxygen atoms in total. The van der Waals surface area contributed by atoms with Crippen LogP contribution in [0.3, 0.4) is 0 Å². The van der Waals surface area contributed by atoms with Crippen LogP contribution in [0, 0.1) is 0 Å². The van der Waals surface area contributed by atoms with Gasteiger partial charge in [-0.15, -0.1) is 0 Å². The number of aliphatic hydroxyl groups excluding tert-OH is 2. The first-order valence-corrected chi connectivity index (χ1v) is 34.7. The molecule has 0 spiro atoms. The summed E-state index contributed by atoms with van der Waals surface area (Å²) >= 11 is 0. The van der Waals surface area contributed by atoms with E-state index >= 15 is 0 Å². The first-order chi connectivity index (χ1) is 38.0. The zero-order chi connectivity index (χ0) is 55.7. The van der Waals surface area contributed by atoms with Crippen molar-refractivity contribution >= 4 is 11.9 Å². The fraction of sp³-hybridized carbons (Fsp3) is 0.887. The third kappa shape index (κ3) is 63.1. The number of hydrogen-bond donors (Lipinski definition) is 3. The molecular weight excluding hydrogens is 947 g/mol. The summed E-state index contributed by atoms with van der Waals surface area (Å²) in [6.07, 6.45) is 84.7. The number of carbonyl (C=O) groups excluding carboxylic acids is 2. The van der Waals surface area contributed by atoms with Gasteiger partial charge in [0.05, 0.1) is 25.4 Å². The highest BCUT2D eigenvalue weighted by atomic mass is 16.5. The van der Waals surface area contributed by atoms with Gasteiger partial charge in [-0.25, -0.2) is 0 Å². The van der Waals surface area contributed by atoms with Gasteiger partial charge >= 0.3 is 5.97 Å². The van der Waals surface area contributed by atoms with Crippen LogP contribution in [0.25, 0.3) is 0 Å². The van der Waals surface area contributed by atoms with Gasteiger partial charge in [0.1, 0.15) is 0 Å². The SMILES string of the molecule is CCCCC/C=C\C/C=C\CCCCCCCC(=O)OCCCCCCCCCCCCCC/C=C\CCCCCCCCCCCCCC(=O)NC(CO)C(O)CCCCCCCCCCCCCCCCCCCC. The molecule has 2 atom stereocenters. The second-order valence-corrected chi connectivity index (χ2v) is 23.9. The highest BCUT2D eigenvalue weighted by Gasteiger charge is 2.20. The van der Waals surface area contributed by atoms with Crippen LogP contribution in [0.4, 0.5) is 0 Å². The second kappa shape index (κ2) is 66.6. The number of allylic oxidation sites excluding steroid dienone is 6. The molecule has 0 saturated carbocycles. The van der Waals surface area contributed by atoms with Crippen LogP contribution in [0.1, 0.15) is 380 Å². The number of nitrogens with one attached hydrogen (secondary N) is 1. The van der Waals surface area contributed by atoms with Crippen LogP contribution in [0.5, 0.6) is 0 Å². The lowest BCUT2D eigenvalue weighted by atomic mass is 10.0. The minimum absolute atomic E-state index is 0.00147. The van der Waals surface area contributed by atoms with E-state index in [1.807, 2.05) is 0 Å². The Morgan fingerprint density at radius 2 is 0.649 bits per heavy atom. The molecule has 1 amide bonds. The Balaban J connectivity index is 3.39. The maximum absolute atomic E-state index is 12.5. The van der Waals surface area contributed by atoms with Crippen LogP contribution >= 0.6 is 0 Å². The Morgan fingerprint density at radius 3 is 1.03 bits per heavy atom. The monoisotopic (exact) mass is 1080 g/mol. The first kappa shape index (κ1) is 75.1. The molecular formula is C71H135NO5. The molecule has 0 aromatic rings. The molecule has 6 heteroatoms. The molecule has 77 heavy (non-hydrogen) atoms. The molecule has 0 aliphatic carbocycles. The summed E-state index contributed by atoms with van der Waals surface area (Å²) in [4.78, 5) is 24.6. The predicted octanol–water partition coefficient (Wildman–Crippen LogP) is 22.3. The summed E-state index contributed by atoms with van der Waals surface area (Å²) in [5, 5.41) is 23.4. The van der Waals surface area contributed by atoms with Gasteiger partial charge in [0.25, 0.3) is 0 Å². The van der Waals surface area contributed by atoms with Gasteiger partial charge in [0, 0.05) is 12.8 Å². The number of amides is 1. The summed E-state index contributed by atoms with van der Waals surface area (Å²) in [5.41, 5.74) is 0. The lowest BCUT2D eigenvalue weighted by Crippen LogP contribution is -2.45. The van der Waals surface area contributed by atoms with Crippen LogP contribution < -0.4 is 5.32 Å². The smallest absolute Gasteiger partial charge is 0.305 e. The van der Waals surface area contributed by atoms with Gasteiger partial charge < -0.3 is 20.3 Å². The standard InChI is InChI=1S/C71H135NO5/c1-3-5-7-9-11-13-15-17-19-20-32-36-39-43-47-51-55-59-63-69(74)68(67-73)72-70(75)64-60-56-52-48-44-40-37-33-30-28-26-24-22-21-23-25-27-29-31-34-38-42-46-50-54-58-62-66-77-71(76)65-61-57-53-49-45-41-35-18-16-14-12-10-8-6-4-2/h12,14,18,21-22,35,68-69,73-74H,3-11,13,15-17,19-20,23-34,36-67H2,1-2H3,(H,72,75)/b14-12-,22-21-,35-18-. The molecule has 0 fully saturated rings. The van der Waals surface area contributed by atoms with Crippen LogP contribution in [0.15, 0.2) is 36.5 Å². The van der Waals surface area contributed by atoms with Crippen molar-refractivity contribution in [1.29, 1.82) is 0 Å². The third-order valence-corrected chi connectivity index (χ3v) is 16.2. The number of carbonyl (C=O) groups is 2. The third-order valence-electron chi connectivity index (χ3n) is 16.2. The maximum Gasteiger partial charge on any atom is 0.305 e. The topological polar surface area (TPSA) is 95.9 Å². The van der Waals surface area contributed by atoms with Crippen LogP contribution in [-0.4, -0.2) is 47.4 Å². The highest BCUT2D eigenvalue weighted by molar-refractivity contribution is 5.76. The average molecular weight is 1080 g/mol. The molecule has 2 unspecified atom stereocenters. The van der Waals surface area contributed by atoms with Gasteiger partial charge in [-0.3, -0.25) is 9.59 Å². The van der Waals surface area contributed by atoms with Crippen molar-refractivity contribution < 1.29 is 24.5 Å². The number of esters is 1. The van der Waals surface area contributed by atoms with E-state index in [4.69, 9.17) is 4.74 Å². The van der Waals surface area contributed by atoms with Gasteiger partial charge in [-0.05, 0) is 83.5 Å². The van der Waals surface area contributed by atoms with E-state index in [0.717, 1.165) is 51.4 Å². The fourth-order valence-corrected chi connectivity index (χ4v) is 10.8.